The number of amides is 1. The molecule has 2 heterocycles. The minimum Gasteiger partial charge on any atom is -0.497 e. The number of hydrogen-bond donors (Lipinski definition) is 2. The molecule has 2 aromatic heterocycles. The third kappa shape index (κ3) is 3.32. The molecule has 0 spiro atoms. The van der Waals surface area contributed by atoms with Crippen molar-refractivity contribution in [2.45, 2.75) is 6.42 Å². The van der Waals surface area contributed by atoms with Crippen molar-refractivity contribution in [1.82, 2.24) is 9.97 Å². The largest absolute Gasteiger partial charge is 0.497 e. The molecule has 0 fully saturated rings. The number of H-pyrrole nitrogens is 1. The number of benzene rings is 2. The Kier molecular flexibility index (Phi) is 4.41. The van der Waals surface area contributed by atoms with Crippen LogP contribution < -0.4 is 10.1 Å². The quantitative estimate of drug-likeness (QED) is 0.549. The molecule has 0 saturated heterocycles. The third-order valence-electron chi connectivity index (χ3n) is 4.08. The van der Waals surface area contributed by atoms with Gasteiger partial charge in [-0.15, -0.1) is 11.3 Å². The van der Waals surface area contributed by atoms with Crippen molar-refractivity contribution in [3.8, 4) is 16.3 Å². The molecule has 0 saturated carbocycles. The zero-order valence-electron chi connectivity index (χ0n) is 14.2. The second-order valence-corrected chi connectivity index (χ2v) is 6.70. The average molecular weight is 363 g/mol. The van der Waals surface area contributed by atoms with E-state index < -0.39 is 0 Å². The minimum absolute atomic E-state index is 0.0822. The first-order valence-corrected chi connectivity index (χ1v) is 9.06. The summed E-state index contributed by atoms with van der Waals surface area (Å²) in [5.41, 5.74) is 3.54. The van der Waals surface area contributed by atoms with Gasteiger partial charge in [-0.05, 0) is 30.3 Å². The van der Waals surface area contributed by atoms with Crippen LogP contribution in [-0.2, 0) is 11.2 Å². The molecule has 0 bridgehead atoms. The highest BCUT2D eigenvalue weighted by molar-refractivity contribution is 7.13. The fourth-order valence-corrected chi connectivity index (χ4v) is 3.65. The Morgan fingerprint density at radius 2 is 2.12 bits per heavy atom. The summed E-state index contributed by atoms with van der Waals surface area (Å²) in [7, 11) is 1.64. The summed E-state index contributed by atoms with van der Waals surface area (Å²) in [6.45, 7) is 0. The number of anilines is 1. The van der Waals surface area contributed by atoms with Crippen LogP contribution in [0.5, 0.6) is 5.75 Å². The number of hydrogen-bond acceptors (Lipinski definition) is 4. The number of rotatable bonds is 5. The Labute approximate surface area is 154 Å². The summed E-state index contributed by atoms with van der Waals surface area (Å²) in [5.74, 6) is 0.706. The van der Waals surface area contributed by atoms with Crippen LogP contribution >= 0.6 is 11.3 Å². The number of ether oxygens (including phenoxy) is 1. The summed E-state index contributed by atoms with van der Waals surface area (Å²) in [6.07, 6.45) is 2.10. The van der Waals surface area contributed by atoms with Crippen LogP contribution in [-0.4, -0.2) is 23.0 Å². The minimum atomic E-state index is -0.0822. The molecule has 26 heavy (non-hydrogen) atoms. The molecule has 4 aromatic rings. The molecule has 0 radical (unpaired) electrons. The lowest BCUT2D eigenvalue weighted by molar-refractivity contribution is -0.115. The lowest BCUT2D eigenvalue weighted by Crippen LogP contribution is -2.14. The summed E-state index contributed by atoms with van der Waals surface area (Å²) >= 11 is 1.52. The molecule has 2 aromatic carbocycles. The number of carbonyl (C=O) groups excluding carboxylic acids is 1. The standard InChI is InChI=1S/C20H17N3O2S/c1-25-15-5-2-4-13(10-15)20-22-14(12-26-20)11-19(24)23-18-7-3-6-17-16(18)8-9-21-17/h2-10,12,21H,11H2,1H3,(H,23,24). The van der Waals surface area contributed by atoms with Crippen LogP contribution in [0.1, 0.15) is 5.69 Å². The molecule has 0 aliphatic rings. The number of aromatic amines is 1. The Morgan fingerprint density at radius 1 is 1.23 bits per heavy atom. The van der Waals surface area contributed by atoms with Crippen molar-refractivity contribution in [3.63, 3.8) is 0 Å². The number of thiazole rings is 1. The maximum atomic E-state index is 12.4. The first kappa shape index (κ1) is 16.4. The van der Waals surface area contributed by atoms with Crippen LogP contribution in [0.15, 0.2) is 60.1 Å². The Bertz CT molecular complexity index is 1070. The van der Waals surface area contributed by atoms with Gasteiger partial charge < -0.3 is 15.0 Å². The SMILES string of the molecule is COc1cccc(-c2nc(CC(=O)Nc3cccc4[nH]ccc34)cs2)c1. The smallest absolute Gasteiger partial charge is 0.230 e. The third-order valence-corrected chi connectivity index (χ3v) is 5.02. The lowest BCUT2D eigenvalue weighted by Gasteiger charge is -2.05. The highest BCUT2D eigenvalue weighted by atomic mass is 32.1. The van der Waals surface area contributed by atoms with Crippen molar-refractivity contribution in [2.24, 2.45) is 0 Å². The summed E-state index contributed by atoms with van der Waals surface area (Å²) < 4.78 is 5.25. The van der Waals surface area contributed by atoms with E-state index in [4.69, 9.17) is 4.74 Å². The molecule has 1 amide bonds. The van der Waals surface area contributed by atoms with E-state index in [0.29, 0.717) is 0 Å². The molecule has 0 unspecified atom stereocenters. The van der Waals surface area contributed by atoms with Gasteiger partial charge in [-0.2, -0.15) is 0 Å². The fourth-order valence-electron chi connectivity index (χ4n) is 2.83. The number of nitrogens with zero attached hydrogens (tertiary/aromatic N) is 1. The van der Waals surface area contributed by atoms with Crippen LogP contribution in [0.4, 0.5) is 5.69 Å². The van der Waals surface area contributed by atoms with Crippen LogP contribution in [0.3, 0.4) is 0 Å². The zero-order chi connectivity index (χ0) is 17.9. The van der Waals surface area contributed by atoms with Gasteiger partial charge in [0.15, 0.2) is 0 Å². The van der Waals surface area contributed by atoms with Gasteiger partial charge in [0.05, 0.1) is 24.9 Å². The van der Waals surface area contributed by atoms with Crippen LogP contribution in [0, 0.1) is 0 Å². The molecule has 4 rings (SSSR count). The monoisotopic (exact) mass is 363 g/mol. The van der Waals surface area contributed by atoms with Crippen LogP contribution in [0.25, 0.3) is 21.5 Å². The summed E-state index contributed by atoms with van der Waals surface area (Å²) in [5, 5.41) is 6.77. The van der Waals surface area contributed by atoms with E-state index in [2.05, 4.69) is 15.3 Å². The number of aromatic nitrogens is 2. The highest BCUT2D eigenvalue weighted by Crippen LogP contribution is 2.27. The molecular weight excluding hydrogens is 346 g/mol. The number of nitrogens with one attached hydrogen (secondary N) is 2. The molecule has 5 nitrogen and oxygen atoms in total. The van der Waals surface area contributed by atoms with Crippen molar-refractivity contribution >= 4 is 33.8 Å². The zero-order valence-corrected chi connectivity index (χ0v) is 15.0. The molecule has 0 aliphatic carbocycles. The molecular formula is C20H17N3O2S. The molecule has 0 aliphatic heterocycles. The molecule has 0 atom stereocenters. The topological polar surface area (TPSA) is 67.0 Å². The van der Waals surface area contributed by atoms with E-state index in [1.54, 1.807) is 7.11 Å². The predicted molar refractivity (Wildman–Crippen MR) is 105 cm³/mol. The maximum Gasteiger partial charge on any atom is 0.230 e. The normalized spacial score (nSPS) is 10.8. The van der Waals surface area contributed by atoms with Gasteiger partial charge in [-0.25, -0.2) is 4.98 Å². The van der Waals surface area contributed by atoms with Crippen LogP contribution in [0.2, 0.25) is 0 Å². The Balaban J connectivity index is 1.48. The Hall–Kier alpha value is -3.12. The van der Waals surface area contributed by atoms with Gasteiger partial charge in [-0.1, -0.05) is 18.2 Å². The summed E-state index contributed by atoms with van der Waals surface area (Å²) in [6, 6.07) is 15.5. The first-order valence-electron chi connectivity index (χ1n) is 8.18. The molecule has 2 N–H and O–H groups in total. The van der Waals surface area contributed by atoms with Gasteiger partial charge in [0.2, 0.25) is 5.91 Å². The van der Waals surface area contributed by atoms with E-state index in [1.807, 2.05) is 60.1 Å². The van der Waals surface area contributed by atoms with Crippen molar-refractivity contribution in [2.75, 3.05) is 12.4 Å². The Morgan fingerprint density at radius 3 is 3.00 bits per heavy atom. The highest BCUT2D eigenvalue weighted by Gasteiger charge is 2.11. The van der Waals surface area contributed by atoms with Gasteiger partial charge >= 0.3 is 0 Å². The van der Waals surface area contributed by atoms with E-state index in [1.165, 1.54) is 11.3 Å². The summed E-state index contributed by atoms with van der Waals surface area (Å²) in [4.78, 5) is 20.1. The average Bonchev–Trinajstić information content (AvgIpc) is 3.31. The van der Waals surface area contributed by atoms with E-state index in [9.17, 15) is 4.79 Å². The van der Waals surface area contributed by atoms with Crippen molar-refractivity contribution in [3.05, 3.63) is 65.8 Å². The van der Waals surface area contributed by atoms with Crippen molar-refractivity contribution in [1.29, 1.82) is 0 Å². The number of carbonyl (C=O) groups is 1. The second kappa shape index (κ2) is 7.01. The maximum absolute atomic E-state index is 12.4. The number of fused-ring (bicyclic) bond motifs is 1. The van der Waals surface area contributed by atoms with Gasteiger partial charge in [0.1, 0.15) is 10.8 Å². The first-order chi connectivity index (χ1) is 12.7. The molecule has 6 heteroatoms. The van der Waals surface area contributed by atoms with Gasteiger partial charge in [0, 0.05) is 28.0 Å². The van der Waals surface area contributed by atoms with E-state index >= 15 is 0 Å². The van der Waals surface area contributed by atoms with Gasteiger partial charge in [0.25, 0.3) is 0 Å². The number of methoxy groups -OCH3 is 1. The lowest BCUT2D eigenvalue weighted by atomic mass is 10.2. The fraction of sp³-hybridized carbons (Fsp3) is 0.100. The van der Waals surface area contributed by atoms with Crippen molar-refractivity contribution < 1.29 is 9.53 Å². The predicted octanol–water partition coefficient (Wildman–Crippen LogP) is 4.48. The second-order valence-electron chi connectivity index (χ2n) is 5.85. The van der Waals surface area contributed by atoms with E-state index in [-0.39, 0.29) is 12.3 Å². The molecule has 130 valence electrons. The van der Waals surface area contributed by atoms with Gasteiger partial charge in [-0.3, -0.25) is 4.79 Å². The van der Waals surface area contributed by atoms with E-state index in [0.717, 1.165) is 38.6 Å².